The number of para-hydroxylation sites is 2. The van der Waals surface area contributed by atoms with Crippen molar-refractivity contribution in [1.82, 2.24) is 4.90 Å². The van der Waals surface area contributed by atoms with Gasteiger partial charge in [0.25, 0.3) is 5.91 Å². The lowest BCUT2D eigenvalue weighted by atomic mass is 9.91. The third kappa shape index (κ3) is 4.44. The van der Waals surface area contributed by atoms with Crippen LogP contribution in [0.1, 0.15) is 26.2 Å². The molecule has 3 rings (SSSR count). The number of likely N-dealkylation sites (tertiary alicyclic amines) is 1. The van der Waals surface area contributed by atoms with Crippen molar-refractivity contribution in [3.63, 3.8) is 0 Å². The molecule has 25 heavy (non-hydrogen) atoms. The van der Waals surface area contributed by atoms with Crippen LogP contribution in [0.15, 0.2) is 24.3 Å². The van der Waals surface area contributed by atoms with Crippen molar-refractivity contribution >= 4 is 29.9 Å². The molecule has 1 fully saturated rings. The van der Waals surface area contributed by atoms with Gasteiger partial charge in [-0.3, -0.25) is 9.59 Å². The molecule has 0 radical (unpaired) electrons. The van der Waals surface area contributed by atoms with Crippen LogP contribution in [0.25, 0.3) is 0 Å². The van der Waals surface area contributed by atoms with E-state index in [1.165, 1.54) is 0 Å². The first-order valence-corrected chi connectivity index (χ1v) is 8.62. The van der Waals surface area contributed by atoms with Crippen molar-refractivity contribution < 1.29 is 14.3 Å². The Hall–Kier alpha value is -1.79. The summed E-state index contributed by atoms with van der Waals surface area (Å²) in [5, 5.41) is 0. The molecule has 0 saturated carbocycles. The summed E-state index contributed by atoms with van der Waals surface area (Å²) in [6, 6.07) is 7.62. The number of rotatable bonds is 4. The molecular weight excluding hydrogens is 342 g/mol. The molecule has 2 amide bonds. The van der Waals surface area contributed by atoms with Gasteiger partial charge in [-0.25, -0.2) is 0 Å². The molecule has 1 saturated heterocycles. The molecule has 2 heterocycles. The van der Waals surface area contributed by atoms with Crippen LogP contribution in [0.3, 0.4) is 0 Å². The highest BCUT2D eigenvalue weighted by Crippen LogP contribution is 2.31. The summed E-state index contributed by atoms with van der Waals surface area (Å²) in [7, 11) is 0. The van der Waals surface area contributed by atoms with E-state index in [1.54, 1.807) is 4.90 Å². The Balaban J connectivity index is 0.00000225. The number of carbonyl (C=O) groups is 2. The van der Waals surface area contributed by atoms with E-state index >= 15 is 0 Å². The van der Waals surface area contributed by atoms with Crippen LogP contribution in [0.4, 0.5) is 5.69 Å². The highest BCUT2D eigenvalue weighted by molar-refractivity contribution is 5.98. The van der Waals surface area contributed by atoms with Crippen LogP contribution >= 0.6 is 12.4 Å². The minimum Gasteiger partial charge on any atom is -0.482 e. The fraction of sp³-hybridized carbons (Fsp3) is 0.556. The minimum atomic E-state index is -0.0998. The molecule has 0 bridgehead atoms. The van der Waals surface area contributed by atoms with Crippen LogP contribution in [0.2, 0.25) is 0 Å². The molecule has 2 aliphatic heterocycles. The summed E-state index contributed by atoms with van der Waals surface area (Å²) in [6.07, 6.45) is 2.26. The number of nitrogens with two attached hydrogens (primary N) is 1. The zero-order valence-corrected chi connectivity index (χ0v) is 15.3. The van der Waals surface area contributed by atoms with E-state index < -0.39 is 0 Å². The number of ether oxygens (including phenoxy) is 1. The van der Waals surface area contributed by atoms with Gasteiger partial charge in [0.2, 0.25) is 5.91 Å². The van der Waals surface area contributed by atoms with Crippen molar-refractivity contribution in [3.05, 3.63) is 24.3 Å². The number of anilines is 1. The predicted molar refractivity (Wildman–Crippen MR) is 99.1 cm³/mol. The smallest absolute Gasteiger partial charge is 0.265 e. The topological polar surface area (TPSA) is 75.9 Å². The van der Waals surface area contributed by atoms with Crippen LogP contribution in [0, 0.1) is 5.92 Å². The second kappa shape index (κ2) is 8.54. The van der Waals surface area contributed by atoms with Gasteiger partial charge < -0.3 is 20.3 Å². The molecule has 0 aromatic heterocycles. The van der Waals surface area contributed by atoms with Gasteiger partial charge in [-0.05, 0) is 37.8 Å². The highest BCUT2D eigenvalue weighted by Gasteiger charge is 2.28. The van der Waals surface area contributed by atoms with E-state index in [0.717, 1.165) is 31.6 Å². The number of fused-ring (bicyclic) bond motifs is 1. The second-order valence-corrected chi connectivity index (χ2v) is 6.63. The van der Waals surface area contributed by atoms with Crippen molar-refractivity contribution in [2.75, 3.05) is 31.1 Å². The molecule has 1 unspecified atom stereocenters. The van der Waals surface area contributed by atoms with Crippen LogP contribution < -0.4 is 15.4 Å². The summed E-state index contributed by atoms with van der Waals surface area (Å²) >= 11 is 0. The molecule has 1 atom stereocenters. The Morgan fingerprint density at radius 2 is 2.00 bits per heavy atom. The third-order valence-corrected chi connectivity index (χ3v) is 4.99. The quantitative estimate of drug-likeness (QED) is 0.880. The Morgan fingerprint density at radius 1 is 1.32 bits per heavy atom. The van der Waals surface area contributed by atoms with Crippen molar-refractivity contribution in [1.29, 1.82) is 0 Å². The van der Waals surface area contributed by atoms with E-state index in [1.807, 2.05) is 36.1 Å². The molecule has 2 aliphatic rings. The Morgan fingerprint density at radius 3 is 2.68 bits per heavy atom. The standard InChI is InChI=1S/C18H25N3O3.ClH/c1-13(19)14-6-9-20(10-7-14)17(22)8-11-21-15-4-2-3-5-16(15)24-12-18(21)23;/h2-5,13-14H,6-12,19H2,1H3;1H. The summed E-state index contributed by atoms with van der Waals surface area (Å²) in [4.78, 5) is 28.1. The normalized spacial score (nSPS) is 18.9. The maximum absolute atomic E-state index is 12.5. The lowest BCUT2D eigenvalue weighted by Gasteiger charge is -2.34. The lowest BCUT2D eigenvalue weighted by molar-refractivity contribution is -0.132. The monoisotopic (exact) mass is 367 g/mol. The molecule has 7 heteroatoms. The first-order chi connectivity index (χ1) is 11.6. The highest BCUT2D eigenvalue weighted by atomic mass is 35.5. The maximum atomic E-state index is 12.5. The second-order valence-electron chi connectivity index (χ2n) is 6.63. The molecular formula is C18H26ClN3O3. The van der Waals surface area contributed by atoms with Crippen molar-refractivity contribution in [2.24, 2.45) is 11.7 Å². The summed E-state index contributed by atoms with van der Waals surface area (Å²) < 4.78 is 5.42. The van der Waals surface area contributed by atoms with Crippen LogP contribution in [0.5, 0.6) is 5.75 Å². The fourth-order valence-electron chi connectivity index (χ4n) is 3.44. The van der Waals surface area contributed by atoms with Gasteiger partial charge in [-0.2, -0.15) is 0 Å². The maximum Gasteiger partial charge on any atom is 0.265 e. The van der Waals surface area contributed by atoms with Gasteiger partial charge in [0.05, 0.1) is 5.69 Å². The molecule has 1 aromatic rings. The van der Waals surface area contributed by atoms with E-state index in [2.05, 4.69) is 0 Å². The van der Waals surface area contributed by atoms with Crippen molar-refractivity contribution in [3.8, 4) is 5.75 Å². The number of hydrogen-bond acceptors (Lipinski definition) is 4. The van der Waals surface area contributed by atoms with E-state index in [-0.39, 0.29) is 36.9 Å². The minimum absolute atomic E-state index is 0. The van der Waals surface area contributed by atoms with Crippen LogP contribution in [-0.4, -0.2) is 49.0 Å². The molecule has 0 spiro atoms. The summed E-state index contributed by atoms with van der Waals surface area (Å²) in [5.41, 5.74) is 6.69. The van der Waals surface area contributed by atoms with Gasteiger partial charge >= 0.3 is 0 Å². The Kier molecular flexibility index (Phi) is 6.67. The number of carbonyl (C=O) groups excluding carboxylic acids is 2. The van der Waals surface area contributed by atoms with Crippen LogP contribution in [-0.2, 0) is 9.59 Å². The summed E-state index contributed by atoms with van der Waals surface area (Å²) in [5.74, 6) is 1.20. The number of benzene rings is 1. The van der Waals surface area contributed by atoms with E-state index in [0.29, 0.717) is 24.6 Å². The SMILES string of the molecule is CC(N)C1CCN(C(=O)CCN2C(=O)COc3ccccc32)CC1.Cl. The van der Waals surface area contributed by atoms with E-state index in [9.17, 15) is 9.59 Å². The summed E-state index contributed by atoms with van der Waals surface area (Å²) in [6.45, 7) is 3.98. The molecule has 1 aromatic carbocycles. The number of amides is 2. The van der Waals surface area contributed by atoms with Gasteiger partial charge in [0.1, 0.15) is 5.75 Å². The molecule has 138 valence electrons. The zero-order chi connectivity index (χ0) is 17.1. The first-order valence-electron chi connectivity index (χ1n) is 8.62. The average molecular weight is 368 g/mol. The number of halogens is 1. The van der Waals surface area contributed by atoms with Gasteiger partial charge in [0.15, 0.2) is 6.61 Å². The number of piperidine rings is 1. The zero-order valence-electron chi connectivity index (χ0n) is 14.5. The molecule has 6 nitrogen and oxygen atoms in total. The largest absolute Gasteiger partial charge is 0.482 e. The van der Waals surface area contributed by atoms with Gasteiger partial charge in [-0.1, -0.05) is 12.1 Å². The van der Waals surface area contributed by atoms with E-state index in [4.69, 9.17) is 10.5 Å². The fourth-order valence-corrected chi connectivity index (χ4v) is 3.44. The van der Waals surface area contributed by atoms with Gasteiger partial charge in [-0.15, -0.1) is 12.4 Å². The number of hydrogen-bond donors (Lipinski definition) is 1. The Labute approximate surface area is 154 Å². The predicted octanol–water partition coefficient (Wildman–Crippen LogP) is 1.81. The number of nitrogens with zero attached hydrogens (tertiary/aromatic N) is 2. The van der Waals surface area contributed by atoms with Crippen molar-refractivity contribution in [2.45, 2.75) is 32.2 Å². The molecule has 2 N–H and O–H groups in total. The average Bonchev–Trinajstić information content (AvgIpc) is 2.60. The Bertz CT molecular complexity index is 615. The lowest BCUT2D eigenvalue weighted by Crippen LogP contribution is -2.45. The molecule has 0 aliphatic carbocycles. The van der Waals surface area contributed by atoms with Gasteiger partial charge in [0, 0.05) is 32.1 Å². The first kappa shape index (κ1) is 19.5. The third-order valence-electron chi connectivity index (χ3n) is 4.99.